The average molecular weight is 645 g/mol. The monoisotopic (exact) mass is 644 g/mol. The summed E-state index contributed by atoms with van der Waals surface area (Å²) in [5, 5.41) is 0.727. The van der Waals surface area contributed by atoms with Crippen molar-refractivity contribution in [2.75, 3.05) is 32.7 Å². The number of rotatable bonds is 5. The number of amides is 2. The van der Waals surface area contributed by atoms with Gasteiger partial charge in [0.1, 0.15) is 12.1 Å². The van der Waals surface area contributed by atoms with E-state index in [9.17, 15) is 9.59 Å². The summed E-state index contributed by atoms with van der Waals surface area (Å²) in [5.74, 6) is 0.353. The number of piperidine rings is 1. The van der Waals surface area contributed by atoms with Gasteiger partial charge in [-0.25, -0.2) is 9.78 Å². The van der Waals surface area contributed by atoms with Gasteiger partial charge in [-0.05, 0) is 99.1 Å². The Bertz CT molecular complexity index is 1550. The highest BCUT2D eigenvalue weighted by atomic mass is 35.5. The minimum atomic E-state index is -0.634. The molecule has 3 fully saturated rings. The fourth-order valence-electron chi connectivity index (χ4n) is 8.11. The number of ether oxygens (including phenoxy) is 1. The molecule has 1 saturated carbocycles. The minimum absolute atomic E-state index is 0.0167. The van der Waals surface area contributed by atoms with E-state index in [2.05, 4.69) is 38.8 Å². The van der Waals surface area contributed by atoms with E-state index >= 15 is 0 Å². The zero-order valence-corrected chi connectivity index (χ0v) is 27.6. The SMILES string of the molecule is Cc1cn(C[C@H]2CCCN(C(=O)[C@H]3CN(C4c5ccc(Cl)cc5CCc5cccnc54)CCN3C(=O)OC3CCCCC3)C2)cn1. The molecule has 0 N–H and O–H groups in total. The molecule has 2 aliphatic heterocycles. The Balaban J connectivity index is 1.17. The first-order chi connectivity index (χ1) is 22.4. The minimum Gasteiger partial charge on any atom is -0.446 e. The molecule has 1 aromatic carbocycles. The van der Waals surface area contributed by atoms with Crippen molar-refractivity contribution in [2.24, 2.45) is 5.92 Å². The zero-order valence-electron chi connectivity index (χ0n) is 26.8. The number of imidazole rings is 1. The molecule has 46 heavy (non-hydrogen) atoms. The zero-order chi connectivity index (χ0) is 31.6. The van der Waals surface area contributed by atoms with Gasteiger partial charge in [0.2, 0.25) is 5.91 Å². The van der Waals surface area contributed by atoms with Crippen LogP contribution in [0.1, 0.15) is 79.1 Å². The number of aromatic nitrogens is 3. The van der Waals surface area contributed by atoms with Gasteiger partial charge >= 0.3 is 6.09 Å². The first-order valence-electron chi connectivity index (χ1n) is 17.1. The molecule has 9 nitrogen and oxygen atoms in total. The predicted octanol–water partition coefficient (Wildman–Crippen LogP) is 5.82. The van der Waals surface area contributed by atoms with Crippen molar-refractivity contribution in [2.45, 2.75) is 89.4 Å². The van der Waals surface area contributed by atoms with E-state index in [0.29, 0.717) is 38.6 Å². The molecule has 10 heteroatoms. The van der Waals surface area contributed by atoms with Crippen LogP contribution in [0.5, 0.6) is 0 Å². The van der Waals surface area contributed by atoms with Crippen molar-refractivity contribution in [3.63, 3.8) is 0 Å². The van der Waals surface area contributed by atoms with E-state index in [1.54, 1.807) is 4.90 Å². The first kappa shape index (κ1) is 31.2. The molecule has 2 aromatic heterocycles. The fourth-order valence-corrected chi connectivity index (χ4v) is 8.30. The molecule has 0 spiro atoms. The molecule has 7 rings (SSSR count). The summed E-state index contributed by atoms with van der Waals surface area (Å²) in [6.45, 7) is 5.67. The summed E-state index contributed by atoms with van der Waals surface area (Å²) < 4.78 is 8.22. The second-order valence-electron chi connectivity index (χ2n) is 13.6. The molecule has 2 saturated heterocycles. The third-order valence-electron chi connectivity index (χ3n) is 10.4. The molecule has 0 bridgehead atoms. The lowest BCUT2D eigenvalue weighted by atomic mass is 9.94. The van der Waals surface area contributed by atoms with Crippen LogP contribution in [-0.4, -0.2) is 86.1 Å². The third-order valence-corrected chi connectivity index (χ3v) is 10.7. The summed E-state index contributed by atoms with van der Waals surface area (Å²) in [7, 11) is 0. The van der Waals surface area contributed by atoms with E-state index in [1.807, 2.05) is 36.5 Å². The second kappa shape index (κ2) is 13.7. The average Bonchev–Trinajstić information content (AvgIpc) is 3.41. The number of aryl methyl sites for hydroxylation is 3. The lowest BCUT2D eigenvalue weighted by Crippen LogP contribution is -2.62. The number of hydrogen-bond donors (Lipinski definition) is 0. The molecule has 3 atom stereocenters. The molecular weight excluding hydrogens is 600 g/mol. The van der Waals surface area contributed by atoms with Gasteiger partial charge in [-0.1, -0.05) is 30.2 Å². The lowest BCUT2D eigenvalue weighted by Gasteiger charge is -2.45. The quantitative estimate of drug-likeness (QED) is 0.348. The summed E-state index contributed by atoms with van der Waals surface area (Å²) in [6, 6.07) is 9.56. The smallest absolute Gasteiger partial charge is 0.410 e. The Morgan fingerprint density at radius 2 is 1.80 bits per heavy atom. The van der Waals surface area contributed by atoms with Crippen LogP contribution in [-0.2, 0) is 28.9 Å². The van der Waals surface area contributed by atoms with Crippen LogP contribution in [0.3, 0.4) is 0 Å². The van der Waals surface area contributed by atoms with E-state index in [1.165, 1.54) is 23.1 Å². The van der Waals surface area contributed by atoms with Gasteiger partial charge in [-0.3, -0.25) is 19.6 Å². The van der Waals surface area contributed by atoms with Crippen LogP contribution < -0.4 is 0 Å². The highest BCUT2D eigenvalue weighted by Crippen LogP contribution is 2.38. The maximum Gasteiger partial charge on any atom is 0.410 e. The van der Waals surface area contributed by atoms with Crippen molar-refractivity contribution in [1.82, 2.24) is 29.2 Å². The number of likely N-dealkylation sites (tertiary alicyclic amines) is 1. The van der Waals surface area contributed by atoms with Crippen LogP contribution in [0.4, 0.5) is 4.79 Å². The van der Waals surface area contributed by atoms with E-state index < -0.39 is 6.04 Å². The molecular formula is C36H45ClN6O3. The number of benzene rings is 1. The summed E-state index contributed by atoms with van der Waals surface area (Å²) >= 11 is 6.48. The predicted molar refractivity (Wildman–Crippen MR) is 177 cm³/mol. The Morgan fingerprint density at radius 3 is 2.63 bits per heavy atom. The Morgan fingerprint density at radius 1 is 0.957 bits per heavy atom. The van der Waals surface area contributed by atoms with Crippen LogP contribution in [0, 0.1) is 12.8 Å². The summed E-state index contributed by atoms with van der Waals surface area (Å²) in [6.07, 6.45) is 14.3. The maximum atomic E-state index is 14.6. The van der Waals surface area contributed by atoms with E-state index in [0.717, 1.165) is 74.3 Å². The van der Waals surface area contributed by atoms with Crippen molar-refractivity contribution >= 4 is 23.6 Å². The van der Waals surface area contributed by atoms with Gasteiger partial charge in [0.05, 0.1) is 23.8 Å². The highest BCUT2D eigenvalue weighted by molar-refractivity contribution is 6.30. The first-order valence-corrected chi connectivity index (χ1v) is 17.5. The highest BCUT2D eigenvalue weighted by Gasteiger charge is 2.43. The molecule has 3 aromatic rings. The van der Waals surface area contributed by atoms with Crippen LogP contribution in [0.25, 0.3) is 0 Å². The van der Waals surface area contributed by atoms with Crippen molar-refractivity contribution in [1.29, 1.82) is 0 Å². The molecule has 0 radical (unpaired) electrons. The normalized spacial score (nSPS) is 24.2. The van der Waals surface area contributed by atoms with Crippen molar-refractivity contribution < 1.29 is 14.3 Å². The van der Waals surface area contributed by atoms with Crippen LogP contribution in [0.15, 0.2) is 49.1 Å². The van der Waals surface area contributed by atoms with Gasteiger partial charge in [-0.2, -0.15) is 0 Å². The molecule has 244 valence electrons. The fraction of sp³-hybridized carbons (Fsp3) is 0.556. The molecule has 2 aliphatic carbocycles. The number of carbonyl (C=O) groups excluding carboxylic acids is 2. The van der Waals surface area contributed by atoms with Gasteiger partial charge in [0.15, 0.2) is 0 Å². The van der Waals surface area contributed by atoms with E-state index in [4.69, 9.17) is 21.3 Å². The van der Waals surface area contributed by atoms with Gasteiger partial charge in [0, 0.05) is 56.7 Å². The number of halogens is 1. The van der Waals surface area contributed by atoms with Gasteiger partial charge in [0.25, 0.3) is 0 Å². The van der Waals surface area contributed by atoms with Gasteiger partial charge < -0.3 is 14.2 Å². The Labute approximate surface area is 276 Å². The molecule has 4 aliphatic rings. The standard InChI is InChI=1S/C36H45ClN6O3/c1-25-20-40(24-39-25)21-26-7-6-16-42(22-26)35(44)32-23-41(17-18-43(32)36(45)46-30-9-3-2-4-10-30)34-31-14-13-29(37)19-28(31)12-11-27-8-5-15-38-33(27)34/h5,8,13-15,19-20,24,26,30,32,34H,2-4,6-7,9-12,16-18,21-23H2,1H3/t26-,32-,34?/m1/s1. The number of nitrogens with zero attached hydrogens (tertiary/aromatic N) is 6. The van der Waals surface area contributed by atoms with Crippen molar-refractivity contribution in [3.8, 4) is 0 Å². The van der Waals surface area contributed by atoms with Crippen LogP contribution >= 0.6 is 11.6 Å². The topological polar surface area (TPSA) is 83.8 Å². The number of pyridine rings is 1. The Hall–Kier alpha value is -3.43. The maximum absolute atomic E-state index is 14.6. The number of fused-ring (bicyclic) bond motifs is 2. The van der Waals surface area contributed by atoms with E-state index in [-0.39, 0.29) is 24.1 Å². The molecule has 1 unspecified atom stereocenters. The summed E-state index contributed by atoms with van der Waals surface area (Å²) in [5.41, 5.74) is 5.64. The number of carbonyl (C=O) groups is 2. The summed E-state index contributed by atoms with van der Waals surface area (Å²) in [4.78, 5) is 43.8. The van der Waals surface area contributed by atoms with Crippen molar-refractivity contribution in [3.05, 3.63) is 82.2 Å². The largest absolute Gasteiger partial charge is 0.446 e. The lowest BCUT2D eigenvalue weighted by molar-refractivity contribution is -0.141. The second-order valence-corrected chi connectivity index (χ2v) is 14.1. The number of hydrogen-bond acceptors (Lipinski definition) is 6. The molecule has 2 amide bonds. The Kier molecular flexibility index (Phi) is 9.31. The van der Waals surface area contributed by atoms with Crippen LogP contribution in [0.2, 0.25) is 5.02 Å². The molecule has 4 heterocycles. The number of piperazine rings is 1. The third kappa shape index (κ3) is 6.67. The van der Waals surface area contributed by atoms with Gasteiger partial charge in [-0.15, -0.1) is 0 Å².